The van der Waals surface area contributed by atoms with Gasteiger partial charge in [0.2, 0.25) is 0 Å². The minimum Gasteiger partial charge on any atom is -0.207 e. The van der Waals surface area contributed by atoms with Crippen molar-refractivity contribution < 1.29 is 4.39 Å². The van der Waals surface area contributed by atoms with Crippen molar-refractivity contribution >= 4 is 17.4 Å². The summed E-state index contributed by atoms with van der Waals surface area (Å²) < 4.78 is 15.2. The lowest BCUT2D eigenvalue weighted by Crippen LogP contribution is -1.97. The van der Waals surface area contributed by atoms with Gasteiger partial charge in [-0.2, -0.15) is 9.61 Å². The number of fused-ring (bicyclic) bond motifs is 1. The number of halogens is 1. The molecule has 4 rings (SSSR count). The number of nitrogens with zero attached hydrogens (tertiary/aromatic N) is 4. The van der Waals surface area contributed by atoms with Gasteiger partial charge in [0.1, 0.15) is 10.8 Å². The standard InChI is InChI=1S/C19H15FN4S/c1-13-5-2-3-6-15(13)12-25-18-10-9-17-21-22-19(24(17)23-18)14-7-4-8-16(20)11-14/h2-11H,12H2,1H3. The number of thioether (sulfide) groups is 1. The fourth-order valence-corrected chi connectivity index (χ4v) is 3.51. The van der Waals surface area contributed by atoms with Crippen molar-refractivity contribution in [3.8, 4) is 11.4 Å². The zero-order chi connectivity index (χ0) is 17.2. The molecule has 0 aliphatic heterocycles. The second-order valence-corrected chi connectivity index (χ2v) is 6.69. The van der Waals surface area contributed by atoms with Crippen LogP contribution < -0.4 is 0 Å². The van der Waals surface area contributed by atoms with E-state index in [1.54, 1.807) is 28.4 Å². The van der Waals surface area contributed by atoms with E-state index in [2.05, 4.69) is 34.4 Å². The molecule has 124 valence electrons. The second kappa shape index (κ2) is 6.64. The van der Waals surface area contributed by atoms with Crippen LogP contribution in [0.5, 0.6) is 0 Å². The molecule has 0 aliphatic carbocycles. The molecule has 4 aromatic rings. The smallest absolute Gasteiger partial charge is 0.185 e. The van der Waals surface area contributed by atoms with E-state index in [9.17, 15) is 4.39 Å². The SMILES string of the molecule is Cc1ccccc1CSc1ccc2nnc(-c3cccc(F)c3)n2n1. The quantitative estimate of drug-likeness (QED) is 0.507. The highest BCUT2D eigenvalue weighted by atomic mass is 32.2. The minimum atomic E-state index is -0.306. The Bertz CT molecular complexity index is 1040. The third-order valence-electron chi connectivity index (χ3n) is 3.96. The Morgan fingerprint density at radius 1 is 1.00 bits per heavy atom. The van der Waals surface area contributed by atoms with Crippen LogP contribution in [0.3, 0.4) is 0 Å². The molecular formula is C19H15FN4S. The fraction of sp³-hybridized carbons (Fsp3) is 0.105. The summed E-state index contributed by atoms with van der Waals surface area (Å²) in [6, 6.07) is 18.4. The van der Waals surface area contributed by atoms with Crippen molar-refractivity contribution in [2.75, 3.05) is 0 Å². The molecule has 2 aromatic carbocycles. The van der Waals surface area contributed by atoms with E-state index in [4.69, 9.17) is 0 Å². The van der Waals surface area contributed by atoms with Gasteiger partial charge in [0.25, 0.3) is 0 Å². The molecule has 0 spiro atoms. The van der Waals surface area contributed by atoms with Gasteiger partial charge in [-0.3, -0.25) is 0 Å². The van der Waals surface area contributed by atoms with Crippen LogP contribution in [0, 0.1) is 12.7 Å². The lowest BCUT2D eigenvalue weighted by Gasteiger charge is -2.05. The van der Waals surface area contributed by atoms with Gasteiger partial charge in [-0.25, -0.2) is 4.39 Å². The van der Waals surface area contributed by atoms with Gasteiger partial charge >= 0.3 is 0 Å². The molecule has 0 aliphatic rings. The van der Waals surface area contributed by atoms with Gasteiger partial charge in [-0.05, 0) is 42.3 Å². The maximum atomic E-state index is 13.5. The van der Waals surface area contributed by atoms with Crippen molar-refractivity contribution in [1.82, 2.24) is 19.8 Å². The van der Waals surface area contributed by atoms with Crippen LogP contribution in [-0.4, -0.2) is 19.8 Å². The molecule has 0 saturated carbocycles. The number of benzene rings is 2. The molecule has 2 aromatic heterocycles. The molecule has 0 atom stereocenters. The highest BCUT2D eigenvalue weighted by Gasteiger charge is 2.11. The van der Waals surface area contributed by atoms with Gasteiger partial charge < -0.3 is 0 Å². The first kappa shape index (κ1) is 15.8. The van der Waals surface area contributed by atoms with Gasteiger partial charge in [0.05, 0.1) is 0 Å². The molecule has 6 heteroatoms. The Balaban J connectivity index is 1.65. The summed E-state index contributed by atoms with van der Waals surface area (Å²) in [6.45, 7) is 2.11. The minimum absolute atomic E-state index is 0.306. The van der Waals surface area contributed by atoms with Crippen molar-refractivity contribution in [1.29, 1.82) is 0 Å². The third-order valence-corrected chi connectivity index (χ3v) is 4.93. The van der Waals surface area contributed by atoms with E-state index in [-0.39, 0.29) is 5.82 Å². The van der Waals surface area contributed by atoms with Gasteiger partial charge in [0, 0.05) is 11.3 Å². The van der Waals surface area contributed by atoms with E-state index < -0.39 is 0 Å². The van der Waals surface area contributed by atoms with E-state index >= 15 is 0 Å². The molecule has 0 fully saturated rings. The molecule has 0 bridgehead atoms. The van der Waals surface area contributed by atoms with Crippen LogP contribution >= 0.6 is 11.8 Å². The summed E-state index contributed by atoms with van der Waals surface area (Å²) in [5.41, 5.74) is 3.84. The molecule has 4 nitrogen and oxygen atoms in total. The Morgan fingerprint density at radius 3 is 2.72 bits per heavy atom. The molecule has 0 N–H and O–H groups in total. The van der Waals surface area contributed by atoms with Crippen molar-refractivity contribution in [2.45, 2.75) is 17.7 Å². The Morgan fingerprint density at radius 2 is 1.88 bits per heavy atom. The first-order chi connectivity index (χ1) is 12.2. The number of rotatable bonds is 4. The Labute approximate surface area is 148 Å². The van der Waals surface area contributed by atoms with E-state index in [0.717, 1.165) is 10.8 Å². The third kappa shape index (κ3) is 3.25. The molecular weight excluding hydrogens is 335 g/mol. The molecule has 0 radical (unpaired) electrons. The zero-order valence-corrected chi connectivity index (χ0v) is 14.4. The maximum Gasteiger partial charge on any atom is 0.185 e. The van der Waals surface area contributed by atoms with Crippen molar-refractivity contribution in [2.24, 2.45) is 0 Å². The molecule has 0 saturated heterocycles. The van der Waals surface area contributed by atoms with Crippen molar-refractivity contribution in [3.05, 3.63) is 77.6 Å². The number of hydrogen-bond donors (Lipinski definition) is 0. The first-order valence-corrected chi connectivity index (χ1v) is 8.85. The van der Waals surface area contributed by atoms with E-state index in [1.165, 1.54) is 23.3 Å². The van der Waals surface area contributed by atoms with Gasteiger partial charge in [0.15, 0.2) is 11.5 Å². The highest BCUT2D eigenvalue weighted by molar-refractivity contribution is 7.98. The Kier molecular flexibility index (Phi) is 4.19. The number of hydrogen-bond acceptors (Lipinski definition) is 4. The van der Waals surface area contributed by atoms with E-state index in [1.807, 2.05) is 24.3 Å². The maximum absolute atomic E-state index is 13.5. The van der Waals surface area contributed by atoms with Crippen molar-refractivity contribution in [3.63, 3.8) is 0 Å². The number of aromatic nitrogens is 4. The topological polar surface area (TPSA) is 43.1 Å². The normalized spacial score (nSPS) is 11.1. The average molecular weight is 350 g/mol. The van der Waals surface area contributed by atoms with Crippen LogP contribution in [-0.2, 0) is 5.75 Å². The average Bonchev–Trinajstić information content (AvgIpc) is 3.04. The fourth-order valence-electron chi connectivity index (χ4n) is 2.58. The summed E-state index contributed by atoms with van der Waals surface area (Å²) >= 11 is 1.65. The lowest BCUT2D eigenvalue weighted by molar-refractivity contribution is 0.628. The predicted octanol–water partition coefficient (Wildman–Crippen LogP) is 4.53. The molecule has 0 unspecified atom stereocenters. The zero-order valence-electron chi connectivity index (χ0n) is 13.6. The number of aryl methyl sites for hydroxylation is 1. The second-order valence-electron chi connectivity index (χ2n) is 5.69. The summed E-state index contributed by atoms with van der Waals surface area (Å²) in [4.78, 5) is 0. The molecule has 25 heavy (non-hydrogen) atoms. The van der Waals surface area contributed by atoms with Gasteiger partial charge in [-0.1, -0.05) is 48.2 Å². The van der Waals surface area contributed by atoms with Crippen LogP contribution in [0.1, 0.15) is 11.1 Å². The van der Waals surface area contributed by atoms with Crippen LogP contribution in [0.25, 0.3) is 17.0 Å². The largest absolute Gasteiger partial charge is 0.207 e. The van der Waals surface area contributed by atoms with Gasteiger partial charge in [-0.15, -0.1) is 10.2 Å². The van der Waals surface area contributed by atoms with Crippen LogP contribution in [0.4, 0.5) is 4.39 Å². The van der Waals surface area contributed by atoms with Crippen LogP contribution in [0.2, 0.25) is 0 Å². The monoisotopic (exact) mass is 350 g/mol. The summed E-state index contributed by atoms with van der Waals surface area (Å²) in [6.07, 6.45) is 0. The summed E-state index contributed by atoms with van der Waals surface area (Å²) in [5.74, 6) is 1.06. The predicted molar refractivity (Wildman–Crippen MR) is 96.9 cm³/mol. The summed E-state index contributed by atoms with van der Waals surface area (Å²) in [5, 5.41) is 13.8. The summed E-state index contributed by atoms with van der Waals surface area (Å²) in [7, 11) is 0. The van der Waals surface area contributed by atoms with Crippen LogP contribution in [0.15, 0.2) is 65.7 Å². The first-order valence-electron chi connectivity index (χ1n) is 7.86. The van der Waals surface area contributed by atoms with E-state index in [0.29, 0.717) is 17.0 Å². The highest BCUT2D eigenvalue weighted by Crippen LogP contribution is 2.24. The molecule has 0 amide bonds. The molecule has 2 heterocycles. The lowest BCUT2D eigenvalue weighted by atomic mass is 10.1. The Hall–Kier alpha value is -2.73.